The molecular weight excluding hydrogens is 194 g/mol. The largest absolute Gasteiger partial charge is 0.394 e. The minimum absolute atomic E-state index is 0.0697. The number of rotatable bonds is 3. The molecule has 14 heavy (non-hydrogen) atoms. The molecule has 1 aliphatic heterocycles. The Kier molecular flexibility index (Phi) is 3.74. The van der Waals surface area contributed by atoms with Crippen molar-refractivity contribution in [2.45, 2.75) is 50.1 Å². The fourth-order valence-corrected chi connectivity index (χ4v) is 3.89. The van der Waals surface area contributed by atoms with Gasteiger partial charge < -0.3 is 10.4 Å². The van der Waals surface area contributed by atoms with Crippen LogP contribution in [0.15, 0.2) is 0 Å². The summed E-state index contributed by atoms with van der Waals surface area (Å²) in [4.78, 5) is 0. The van der Waals surface area contributed by atoms with E-state index in [1.165, 1.54) is 37.2 Å². The summed E-state index contributed by atoms with van der Waals surface area (Å²) in [5.41, 5.74) is 0.0697. The number of aliphatic hydroxyl groups is 1. The third-order valence-electron chi connectivity index (χ3n) is 3.62. The zero-order chi connectivity index (χ0) is 9.86. The Morgan fingerprint density at radius 1 is 1.21 bits per heavy atom. The Morgan fingerprint density at radius 2 is 1.86 bits per heavy atom. The molecule has 0 atom stereocenters. The summed E-state index contributed by atoms with van der Waals surface area (Å²) >= 11 is 2.02. The Bertz CT molecular complexity index is 174. The first-order chi connectivity index (χ1) is 6.85. The Morgan fingerprint density at radius 3 is 2.43 bits per heavy atom. The molecule has 0 spiro atoms. The zero-order valence-corrected chi connectivity index (χ0v) is 9.61. The van der Waals surface area contributed by atoms with Crippen molar-refractivity contribution in [2.24, 2.45) is 0 Å². The molecule has 3 heteroatoms. The van der Waals surface area contributed by atoms with Crippen LogP contribution < -0.4 is 5.32 Å². The van der Waals surface area contributed by atoms with E-state index in [0.717, 1.165) is 12.8 Å². The summed E-state index contributed by atoms with van der Waals surface area (Å²) in [7, 11) is 0. The van der Waals surface area contributed by atoms with Gasteiger partial charge in [0.2, 0.25) is 0 Å². The van der Waals surface area contributed by atoms with Crippen LogP contribution in [0, 0.1) is 0 Å². The predicted octanol–water partition coefficient (Wildman–Crippen LogP) is 1.78. The summed E-state index contributed by atoms with van der Waals surface area (Å²) < 4.78 is 0. The molecule has 0 unspecified atom stereocenters. The van der Waals surface area contributed by atoms with Crippen molar-refractivity contribution in [3.8, 4) is 0 Å². The van der Waals surface area contributed by atoms with E-state index < -0.39 is 0 Å². The van der Waals surface area contributed by atoms with Crippen LogP contribution in [0.1, 0.15) is 38.5 Å². The topological polar surface area (TPSA) is 32.3 Å². The fraction of sp³-hybridized carbons (Fsp3) is 1.00. The second-order valence-corrected chi connectivity index (χ2v) is 5.90. The van der Waals surface area contributed by atoms with Gasteiger partial charge in [0.1, 0.15) is 0 Å². The van der Waals surface area contributed by atoms with Gasteiger partial charge in [-0.3, -0.25) is 0 Å². The van der Waals surface area contributed by atoms with Crippen molar-refractivity contribution in [3.05, 3.63) is 0 Å². The summed E-state index contributed by atoms with van der Waals surface area (Å²) in [5.74, 6) is 2.42. The first kappa shape index (κ1) is 10.8. The summed E-state index contributed by atoms with van der Waals surface area (Å²) in [6, 6.07) is 0.685. The summed E-state index contributed by atoms with van der Waals surface area (Å²) in [6.45, 7) is 0.323. The van der Waals surface area contributed by atoms with Crippen molar-refractivity contribution in [1.82, 2.24) is 5.32 Å². The van der Waals surface area contributed by atoms with Crippen LogP contribution in [0.3, 0.4) is 0 Å². The molecule has 2 nitrogen and oxygen atoms in total. The third kappa shape index (κ3) is 2.44. The first-order valence-corrected chi connectivity index (χ1v) is 6.96. The number of hydrogen-bond acceptors (Lipinski definition) is 3. The molecule has 2 fully saturated rings. The molecule has 0 aromatic carbocycles. The van der Waals surface area contributed by atoms with Gasteiger partial charge in [-0.15, -0.1) is 0 Å². The molecule has 82 valence electrons. The monoisotopic (exact) mass is 215 g/mol. The van der Waals surface area contributed by atoms with Gasteiger partial charge in [0.25, 0.3) is 0 Å². The lowest BCUT2D eigenvalue weighted by molar-refractivity contribution is 0.137. The predicted molar refractivity (Wildman–Crippen MR) is 61.8 cm³/mol. The van der Waals surface area contributed by atoms with Crippen LogP contribution in [0.4, 0.5) is 0 Å². The molecule has 0 bridgehead atoms. The lowest BCUT2D eigenvalue weighted by atomic mass is 9.92. The molecular formula is C11H21NOS. The van der Waals surface area contributed by atoms with Crippen LogP contribution in [0.5, 0.6) is 0 Å². The van der Waals surface area contributed by atoms with Crippen molar-refractivity contribution in [3.63, 3.8) is 0 Å². The van der Waals surface area contributed by atoms with Gasteiger partial charge in [0.15, 0.2) is 0 Å². The molecule has 0 aromatic rings. The van der Waals surface area contributed by atoms with Gasteiger partial charge in [0.05, 0.1) is 6.61 Å². The Hall–Kier alpha value is 0.270. The maximum atomic E-state index is 9.53. The normalized spacial score (nSPS) is 28.1. The van der Waals surface area contributed by atoms with Crippen molar-refractivity contribution in [1.29, 1.82) is 0 Å². The molecule has 2 rings (SSSR count). The van der Waals surface area contributed by atoms with Gasteiger partial charge in [-0.25, -0.2) is 0 Å². The van der Waals surface area contributed by atoms with Gasteiger partial charge in [-0.2, -0.15) is 11.8 Å². The second kappa shape index (κ2) is 4.86. The highest BCUT2D eigenvalue weighted by molar-refractivity contribution is 7.99. The Labute approximate surface area is 90.8 Å². The highest BCUT2D eigenvalue weighted by Crippen LogP contribution is 2.29. The van der Waals surface area contributed by atoms with Crippen LogP contribution in [0.25, 0.3) is 0 Å². The van der Waals surface area contributed by atoms with Crippen LogP contribution >= 0.6 is 11.8 Å². The number of nitrogens with one attached hydrogen (secondary N) is 1. The lowest BCUT2D eigenvalue weighted by Crippen LogP contribution is -2.54. The van der Waals surface area contributed by atoms with Gasteiger partial charge in [-0.05, 0) is 37.2 Å². The molecule has 1 heterocycles. The maximum Gasteiger partial charge on any atom is 0.0614 e. The molecule has 1 saturated heterocycles. The smallest absolute Gasteiger partial charge is 0.0614 e. The zero-order valence-electron chi connectivity index (χ0n) is 8.80. The van der Waals surface area contributed by atoms with E-state index in [2.05, 4.69) is 5.32 Å². The lowest BCUT2D eigenvalue weighted by Gasteiger charge is -2.38. The maximum absolute atomic E-state index is 9.53. The van der Waals surface area contributed by atoms with Gasteiger partial charge >= 0.3 is 0 Å². The first-order valence-electron chi connectivity index (χ1n) is 5.81. The van der Waals surface area contributed by atoms with E-state index in [-0.39, 0.29) is 5.54 Å². The fourth-order valence-electron chi connectivity index (χ4n) is 2.61. The van der Waals surface area contributed by atoms with Gasteiger partial charge in [-0.1, -0.05) is 12.8 Å². The van der Waals surface area contributed by atoms with Crippen LogP contribution in [-0.2, 0) is 0 Å². The number of aliphatic hydroxyl groups excluding tert-OH is 1. The van der Waals surface area contributed by atoms with Crippen LogP contribution in [0.2, 0.25) is 0 Å². The van der Waals surface area contributed by atoms with Gasteiger partial charge in [0, 0.05) is 11.6 Å². The average Bonchev–Trinajstić information content (AvgIpc) is 2.72. The standard InChI is InChI=1S/C11H21NOS/c13-9-11(5-7-14-8-6-11)12-10-3-1-2-4-10/h10,12-13H,1-9H2. The number of hydrogen-bond donors (Lipinski definition) is 2. The minimum Gasteiger partial charge on any atom is -0.394 e. The highest BCUT2D eigenvalue weighted by Gasteiger charge is 2.34. The quantitative estimate of drug-likeness (QED) is 0.752. The second-order valence-electron chi connectivity index (χ2n) is 4.68. The third-order valence-corrected chi connectivity index (χ3v) is 4.60. The molecule has 0 amide bonds. The van der Waals surface area contributed by atoms with E-state index in [0.29, 0.717) is 12.6 Å². The van der Waals surface area contributed by atoms with E-state index in [1.54, 1.807) is 0 Å². The Balaban J connectivity index is 1.89. The van der Waals surface area contributed by atoms with E-state index >= 15 is 0 Å². The average molecular weight is 215 g/mol. The van der Waals surface area contributed by atoms with Crippen molar-refractivity contribution < 1.29 is 5.11 Å². The van der Waals surface area contributed by atoms with E-state index in [1.807, 2.05) is 11.8 Å². The molecule has 1 aliphatic carbocycles. The molecule has 2 N–H and O–H groups in total. The van der Waals surface area contributed by atoms with Crippen molar-refractivity contribution in [2.75, 3.05) is 18.1 Å². The van der Waals surface area contributed by atoms with Crippen LogP contribution in [-0.4, -0.2) is 34.8 Å². The number of thioether (sulfide) groups is 1. The molecule has 1 saturated carbocycles. The SMILES string of the molecule is OCC1(NC2CCCC2)CCSCC1. The highest BCUT2D eigenvalue weighted by atomic mass is 32.2. The molecule has 2 aliphatic rings. The summed E-state index contributed by atoms with van der Waals surface area (Å²) in [5, 5.41) is 13.2. The van der Waals surface area contributed by atoms with Crippen molar-refractivity contribution >= 4 is 11.8 Å². The molecule has 0 radical (unpaired) electrons. The minimum atomic E-state index is 0.0697. The van der Waals surface area contributed by atoms with E-state index in [4.69, 9.17) is 0 Å². The summed E-state index contributed by atoms with van der Waals surface area (Å²) in [6.07, 6.45) is 7.65. The van der Waals surface area contributed by atoms with E-state index in [9.17, 15) is 5.11 Å². The molecule has 0 aromatic heterocycles.